The van der Waals surface area contributed by atoms with Crippen LogP contribution >= 0.6 is 0 Å². The number of imidazole rings is 1. The minimum atomic E-state index is -4.61. The minimum absolute atomic E-state index is 0.132. The number of phenolic OH excluding ortho intramolecular Hbond substituents is 1. The lowest BCUT2D eigenvalue weighted by Crippen LogP contribution is -2.17. The van der Waals surface area contributed by atoms with E-state index in [2.05, 4.69) is 247 Å². The second-order valence-electron chi connectivity index (χ2n) is 26.5. The lowest BCUT2D eigenvalue weighted by molar-refractivity contribution is -0.275. The number of nitrogens with zero attached hydrogens (tertiary/aromatic N) is 3. The summed E-state index contributed by atoms with van der Waals surface area (Å²) in [6.45, 7) is 42.5. The fourth-order valence-electron chi connectivity index (χ4n) is 10.7. The van der Waals surface area contributed by atoms with Gasteiger partial charge >= 0.3 is 12.7 Å². The van der Waals surface area contributed by atoms with Crippen molar-refractivity contribution in [2.24, 2.45) is 0 Å². The first-order valence-electron chi connectivity index (χ1n) is 34.0. The number of nitrogens with one attached hydrogen (secondary N) is 2. The Morgan fingerprint density at radius 2 is 0.873 bits per heavy atom. The molecule has 0 saturated heterocycles. The van der Waals surface area contributed by atoms with Crippen LogP contribution in [0.15, 0.2) is 195 Å². The van der Waals surface area contributed by atoms with Gasteiger partial charge in [0.15, 0.2) is 0 Å². The van der Waals surface area contributed by atoms with Gasteiger partial charge < -0.3 is 24.5 Å². The zero-order chi connectivity index (χ0) is 75.8. The maximum atomic E-state index is 11.8. The molecule has 8 nitrogen and oxygen atoms in total. The molecule has 13 rings (SSSR count). The van der Waals surface area contributed by atoms with Crippen LogP contribution in [0.1, 0.15) is 138 Å². The molecule has 0 radical (unpaired) electrons. The minimum Gasteiger partial charge on any atom is -0.508 e. The SMILES string of the molecule is CCc1cc(C)ccc1C.Cc1cc(C)c2cc[nH]c2c1.Cc1cc2nc[nH]c2cc1C.Cc1ccc(C)c(C(C)C)c1.Cc1ccc(C)c(O)c1.Cc1ccc(C)c(OC(F)(F)F)c1.Cc1ccc(C)c(OC(F)(F)F)c1.Cc1ccc2c(C)cncc2c1.Cc1cnc2cc(C)ccc2c1. The van der Waals surface area contributed by atoms with Crippen molar-refractivity contribution < 1.29 is 40.9 Å². The topological polar surface area (TPSA) is 109 Å². The predicted molar refractivity (Wildman–Crippen MR) is 414 cm³/mol. The molecule has 102 heavy (non-hydrogen) atoms. The van der Waals surface area contributed by atoms with E-state index >= 15 is 0 Å². The third-order valence-electron chi connectivity index (χ3n) is 16.6. The molecular weight excluding hydrogens is 1290 g/mol. The molecule has 13 aromatic rings. The van der Waals surface area contributed by atoms with E-state index in [0.717, 1.165) is 45.2 Å². The van der Waals surface area contributed by atoms with Crippen molar-refractivity contribution in [3.8, 4) is 17.2 Å². The Morgan fingerprint density at radius 1 is 0.373 bits per heavy atom. The van der Waals surface area contributed by atoms with Crippen LogP contribution in [0.3, 0.4) is 0 Å². The number of alkyl halides is 6. The third kappa shape index (κ3) is 27.7. The number of halogens is 6. The van der Waals surface area contributed by atoms with Crippen molar-refractivity contribution in [3.63, 3.8) is 0 Å². The van der Waals surface area contributed by atoms with Crippen molar-refractivity contribution in [2.45, 2.75) is 170 Å². The van der Waals surface area contributed by atoms with Crippen molar-refractivity contribution in [3.05, 3.63) is 306 Å². The van der Waals surface area contributed by atoms with Crippen molar-refractivity contribution in [1.29, 1.82) is 0 Å². The maximum absolute atomic E-state index is 11.8. The molecule has 0 fully saturated rings. The maximum Gasteiger partial charge on any atom is 0.573 e. The number of benzene rings is 9. The smallest absolute Gasteiger partial charge is 0.508 e. The Balaban J connectivity index is 0.000000207. The Morgan fingerprint density at radius 3 is 1.42 bits per heavy atom. The van der Waals surface area contributed by atoms with E-state index in [-0.39, 0.29) is 11.5 Å². The van der Waals surface area contributed by atoms with Gasteiger partial charge in [0.05, 0.1) is 22.9 Å². The summed E-state index contributed by atoms with van der Waals surface area (Å²) in [7, 11) is 0. The molecule has 538 valence electrons. The van der Waals surface area contributed by atoms with Crippen molar-refractivity contribution >= 4 is 43.6 Å². The van der Waals surface area contributed by atoms with Gasteiger partial charge in [0.25, 0.3) is 0 Å². The molecule has 0 saturated carbocycles. The standard InChI is InChI=1S/2C11H11N.C11H16.C10H11N.C10H14.2C9H9F3O.C9H10N2.C8H10O/c1-8-3-4-10-5-9(2)7-12-11(10)6-8;1-8-3-4-11-9(2)6-12-7-10(11)5-8;1-8(2)11-7-9(3)5-6-10(11)4;1-7-5-8(2)9-3-4-11-10(9)6-7;1-4-10-7-8(2)5-6-9(10)3;2*1-6-3-4-7(2)8(5-6)13-9(10,11)12;1-6-3-8-9(4-7(6)2)11-5-10-8;1-6-3-4-7(2)8(9)5-6/h2*3-7H,1-2H3;5-8H,1-4H3;3-6,11H,1-2H3;5-7H,4H2,1-3H3;2*3-5H,1-2H3;3-5H,1-2H3,(H,10,11);3-5,9H,1-2H3. The van der Waals surface area contributed by atoms with Gasteiger partial charge in [-0.05, 0) is 298 Å². The summed E-state index contributed by atoms with van der Waals surface area (Å²) in [4.78, 5) is 18.9. The lowest BCUT2D eigenvalue weighted by atomic mass is 9.96. The molecule has 0 aliphatic heterocycles. The largest absolute Gasteiger partial charge is 0.573 e. The number of fused-ring (bicyclic) bond motifs is 4. The summed E-state index contributed by atoms with van der Waals surface area (Å²) >= 11 is 0. The summed E-state index contributed by atoms with van der Waals surface area (Å²) in [5.74, 6) is 0.768. The van der Waals surface area contributed by atoms with Crippen LogP contribution in [0, 0.1) is 125 Å². The highest BCUT2D eigenvalue weighted by molar-refractivity contribution is 5.85. The first-order valence-corrected chi connectivity index (χ1v) is 34.0. The molecule has 3 N–H and O–H groups in total. The number of aromatic amines is 2. The first kappa shape index (κ1) is 82.5. The number of aromatic hydroxyl groups is 1. The van der Waals surface area contributed by atoms with Crippen LogP contribution in [0.25, 0.3) is 43.6 Å². The number of H-pyrrole nitrogens is 2. The molecular formula is C88H101F6N5O3. The Hall–Kier alpha value is -10.2. The Bertz CT molecular complexity index is 4690. The highest BCUT2D eigenvalue weighted by Gasteiger charge is 2.32. The van der Waals surface area contributed by atoms with Gasteiger partial charge in [-0.2, -0.15) is 0 Å². The Labute approximate surface area is 600 Å². The van der Waals surface area contributed by atoms with Gasteiger partial charge in [-0.1, -0.05) is 141 Å². The van der Waals surface area contributed by atoms with Gasteiger partial charge in [0.1, 0.15) is 17.2 Å². The quantitative estimate of drug-likeness (QED) is 0.152. The first-order chi connectivity index (χ1) is 47.9. The number of aryl methyl sites for hydroxylation is 19. The van der Waals surface area contributed by atoms with E-state index in [0.29, 0.717) is 22.8 Å². The molecule has 0 amide bonds. The second kappa shape index (κ2) is 38.6. The summed E-state index contributed by atoms with van der Waals surface area (Å²) in [6, 6.07) is 53.9. The summed E-state index contributed by atoms with van der Waals surface area (Å²) in [6.07, 6.45) is 1.35. The van der Waals surface area contributed by atoms with Gasteiger partial charge in [0, 0.05) is 46.5 Å². The fraction of sp³-hybridized carbons (Fsp3) is 0.284. The average Bonchev–Trinajstić information content (AvgIpc) is 1.33. The zero-order valence-electron chi connectivity index (χ0n) is 63.1. The van der Waals surface area contributed by atoms with Gasteiger partial charge in [0.2, 0.25) is 0 Å². The molecule has 9 aromatic carbocycles. The third-order valence-corrected chi connectivity index (χ3v) is 16.6. The number of hydrogen-bond donors (Lipinski definition) is 3. The van der Waals surface area contributed by atoms with E-state index in [4.69, 9.17) is 5.11 Å². The number of hydrogen-bond acceptors (Lipinski definition) is 6. The summed E-state index contributed by atoms with van der Waals surface area (Å²) < 4.78 is 78.6. The van der Waals surface area contributed by atoms with Crippen LogP contribution in [0.2, 0.25) is 0 Å². The van der Waals surface area contributed by atoms with E-state index in [1.165, 1.54) is 117 Å². The summed E-state index contributed by atoms with van der Waals surface area (Å²) in [5.41, 5.74) is 27.7. The van der Waals surface area contributed by atoms with Gasteiger partial charge in [-0.15, -0.1) is 26.3 Å². The Kier molecular flexibility index (Phi) is 31.2. The average molecular weight is 1390 g/mol. The number of ether oxygens (including phenoxy) is 2. The fourth-order valence-corrected chi connectivity index (χ4v) is 10.7. The zero-order valence-corrected chi connectivity index (χ0v) is 63.1. The van der Waals surface area contributed by atoms with Crippen LogP contribution in [0.4, 0.5) is 26.3 Å². The van der Waals surface area contributed by atoms with E-state index < -0.39 is 12.7 Å². The molecule has 0 bridgehead atoms. The molecule has 0 atom stereocenters. The molecule has 14 heteroatoms. The second-order valence-corrected chi connectivity index (χ2v) is 26.5. The number of aromatic nitrogens is 5. The van der Waals surface area contributed by atoms with Crippen molar-refractivity contribution in [1.82, 2.24) is 24.9 Å². The molecule has 0 unspecified atom stereocenters. The summed E-state index contributed by atoms with van der Waals surface area (Å²) in [5, 5.41) is 14.2. The van der Waals surface area contributed by atoms with E-state index in [1.807, 2.05) is 50.8 Å². The molecule has 0 aliphatic carbocycles. The highest BCUT2D eigenvalue weighted by Crippen LogP contribution is 2.29. The molecule has 4 aromatic heterocycles. The lowest BCUT2D eigenvalue weighted by Gasteiger charge is -2.11. The number of rotatable bonds is 4. The van der Waals surface area contributed by atoms with Gasteiger partial charge in [-0.25, -0.2) is 4.98 Å². The van der Waals surface area contributed by atoms with E-state index in [9.17, 15) is 26.3 Å². The molecule has 0 aliphatic rings. The highest BCUT2D eigenvalue weighted by atomic mass is 19.4. The van der Waals surface area contributed by atoms with E-state index in [1.54, 1.807) is 64.4 Å². The predicted octanol–water partition coefficient (Wildman–Crippen LogP) is 25.4. The number of pyridine rings is 2. The normalized spacial score (nSPS) is 10.7. The molecule has 0 spiro atoms. The van der Waals surface area contributed by atoms with Crippen LogP contribution in [0.5, 0.6) is 17.2 Å². The van der Waals surface area contributed by atoms with Crippen LogP contribution in [-0.2, 0) is 6.42 Å². The van der Waals surface area contributed by atoms with Gasteiger partial charge in [-0.3, -0.25) is 9.97 Å². The molecule has 4 heterocycles. The monoisotopic (exact) mass is 1390 g/mol. The van der Waals surface area contributed by atoms with Crippen molar-refractivity contribution in [2.75, 3.05) is 0 Å². The van der Waals surface area contributed by atoms with Crippen LogP contribution < -0.4 is 9.47 Å². The number of phenols is 1. The van der Waals surface area contributed by atoms with Crippen LogP contribution in [-0.4, -0.2) is 42.8 Å².